The van der Waals surface area contributed by atoms with E-state index < -0.39 is 0 Å². The Kier molecular flexibility index (Phi) is 7.82. The molecule has 3 rings (SSSR count). The van der Waals surface area contributed by atoms with E-state index in [1.54, 1.807) is 13.2 Å². The molecule has 1 aromatic heterocycles. The summed E-state index contributed by atoms with van der Waals surface area (Å²) in [5, 5.41) is 12.3. The van der Waals surface area contributed by atoms with Gasteiger partial charge in [0, 0.05) is 25.8 Å². The molecule has 156 valence electrons. The fraction of sp³-hybridized carbons (Fsp3) is 0.261. The summed E-state index contributed by atoms with van der Waals surface area (Å²) >= 11 is 1.37. The van der Waals surface area contributed by atoms with Crippen LogP contribution in [-0.2, 0) is 29.2 Å². The molecule has 30 heavy (non-hydrogen) atoms. The lowest BCUT2D eigenvalue weighted by atomic mass is 10.1. The number of aryl methyl sites for hydroxylation is 1. The standard InChI is InChI=1S/C23H26N4O2S/c1-4-12-27-22(18-11-7-8-17(2)13-18)25-26-23(27)30-16-21(28)24-14-19-9-5-6-10-20(19)15-29-3/h4-11,13H,1,12,14-16H2,2-3H3,(H,24,28). The second-order valence-corrected chi connectivity index (χ2v) is 7.78. The van der Waals surface area contributed by atoms with Crippen LogP contribution in [0.15, 0.2) is 66.3 Å². The first-order valence-electron chi connectivity index (χ1n) is 9.68. The van der Waals surface area contributed by atoms with Crippen molar-refractivity contribution in [3.05, 3.63) is 77.9 Å². The van der Waals surface area contributed by atoms with Crippen LogP contribution in [0.4, 0.5) is 0 Å². The van der Waals surface area contributed by atoms with E-state index in [-0.39, 0.29) is 11.7 Å². The molecule has 1 amide bonds. The third kappa shape index (κ3) is 5.58. The Labute approximate surface area is 181 Å². The van der Waals surface area contributed by atoms with Gasteiger partial charge < -0.3 is 10.1 Å². The van der Waals surface area contributed by atoms with E-state index in [1.165, 1.54) is 11.8 Å². The van der Waals surface area contributed by atoms with Crippen molar-refractivity contribution in [2.24, 2.45) is 0 Å². The first-order valence-corrected chi connectivity index (χ1v) is 10.7. The highest BCUT2D eigenvalue weighted by Crippen LogP contribution is 2.24. The highest BCUT2D eigenvalue weighted by Gasteiger charge is 2.15. The summed E-state index contributed by atoms with van der Waals surface area (Å²) in [6.07, 6.45) is 1.81. The van der Waals surface area contributed by atoms with Gasteiger partial charge in [0.1, 0.15) is 0 Å². The van der Waals surface area contributed by atoms with Gasteiger partial charge in [-0.05, 0) is 24.1 Å². The van der Waals surface area contributed by atoms with Crippen molar-refractivity contribution in [1.82, 2.24) is 20.1 Å². The Hall–Kier alpha value is -2.90. The Morgan fingerprint density at radius 2 is 2.00 bits per heavy atom. The summed E-state index contributed by atoms with van der Waals surface area (Å²) in [4.78, 5) is 12.4. The van der Waals surface area contributed by atoms with Gasteiger partial charge in [-0.2, -0.15) is 0 Å². The minimum atomic E-state index is -0.0579. The average Bonchev–Trinajstić information content (AvgIpc) is 3.15. The monoisotopic (exact) mass is 422 g/mol. The van der Waals surface area contributed by atoms with Crippen molar-refractivity contribution in [3.63, 3.8) is 0 Å². The SMILES string of the molecule is C=CCn1c(SCC(=O)NCc2ccccc2COC)nnc1-c1cccc(C)c1. The minimum absolute atomic E-state index is 0.0579. The Morgan fingerprint density at radius 3 is 2.73 bits per heavy atom. The highest BCUT2D eigenvalue weighted by atomic mass is 32.2. The molecule has 6 nitrogen and oxygen atoms in total. The molecule has 3 aromatic rings. The molecule has 0 saturated carbocycles. The lowest BCUT2D eigenvalue weighted by Gasteiger charge is -2.10. The normalized spacial score (nSPS) is 10.7. The summed E-state index contributed by atoms with van der Waals surface area (Å²) in [6.45, 7) is 7.44. The van der Waals surface area contributed by atoms with E-state index in [0.29, 0.717) is 24.9 Å². The second-order valence-electron chi connectivity index (χ2n) is 6.84. The molecule has 1 N–H and O–H groups in total. The summed E-state index contributed by atoms with van der Waals surface area (Å²) in [7, 11) is 1.66. The van der Waals surface area contributed by atoms with Crippen molar-refractivity contribution in [2.75, 3.05) is 12.9 Å². The number of rotatable bonds is 10. The van der Waals surface area contributed by atoms with E-state index in [1.807, 2.05) is 54.0 Å². The molecule has 0 bridgehead atoms. The smallest absolute Gasteiger partial charge is 0.230 e. The van der Waals surface area contributed by atoms with Crippen LogP contribution in [0.3, 0.4) is 0 Å². The number of amides is 1. The molecule has 0 aliphatic carbocycles. The number of methoxy groups -OCH3 is 1. The average molecular weight is 423 g/mol. The molecule has 7 heteroatoms. The molecule has 0 fully saturated rings. The summed E-state index contributed by atoms with van der Waals surface area (Å²) in [5.41, 5.74) is 4.27. The number of hydrogen-bond acceptors (Lipinski definition) is 5. The Balaban J connectivity index is 1.64. The number of aromatic nitrogens is 3. The molecule has 0 aliphatic rings. The number of carbonyl (C=O) groups is 1. The molecule has 0 aliphatic heterocycles. The van der Waals surface area contributed by atoms with Gasteiger partial charge in [0.25, 0.3) is 0 Å². The zero-order valence-corrected chi connectivity index (χ0v) is 18.1. The molecule has 2 aromatic carbocycles. The third-order valence-electron chi connectivity index (χ3n) is 4.53. The van der Waals surface area contributed by atoms with Gasteiger partial charge in [-0.25, -0.2) is 0 Å². The molecule has 0 radical (unpaired) electrons. The maximum absolute atomic E-state index is 12.4. The highest BCUT2D eigenvalue weighted by molar-refractivity contribution is 7.99. The molecule has 0 atom stereocenters. The van der Waals surface area contributed by atoms with Crippen LogP contribution in [0.5, 0.6) is 0 Å². The Bertz CT molecular complexity index is 1020. The van der Waals surface area contributed by atoms with E-state index in [9.17, 15) is 4.79 Å². The van der Waals surface area contributed by atoms with E-state index in [0.717, 1.165) is 28.1 Å². The molecular weight excluding hydrogens is 396 g/mol. The van der Waals surface area contributed by atoms with Gasteiger partial charge in [-0.3, -0.25) is 9.36 Å². The van der Waals surface area contributed by atoms with E-state index >= 15 is 0 Å². The lowest BCUT2D eigenvalue weighted by Crippen LogP contribution is -2.25. The van der Waals surface area contributed by atoms with Gasteiger partial charge >= 0.3 is 0 Å². The maximum Gasteiger partial charge on any atom is 0.230 e. The van der Waals surface area contributed by atoms with Crippen LogP contribution in [-0.4, -0.2) is 33.5 Å². The summed E-state index contributed by atoms with van der Waals surface area (Å²) < 4.78 is 7.20. The third-order valence-corrected chi connectivity index (χ3v) is 5.50. The molecule has 1 heterocycles. The number of ether oxygens (including phenoxy) is 1. The van der Waals surface area contributed by atoms with Crippen LogP contribution in [0.1, 0.15) is 16.7 Å². The lowest BCUT2D eigenvalue weighted by molar-refractivity contribution is -0.118. The number of nitrogens with zero attached hydrogens (tertiary/aromatic N) is 3. The number of nitrogens with one attached hydrogen (secondary N) is 1. The predicted molar refractivity (Wildman–Crippen MR) is 120 cm³/mol. The number of thioether (sulfide) groups is 1. The van der Waals surface area contributed by atoms with Crippen molar-refractivity contribution in [3.8, 4) is 11.4 Å². The van der Waals surface area contributed by atoms with Crippen LogP contribution in [0, 0.1) is 6.92 Å². The van der Waals surface area contributed by atoms with Gasteiger partial charge in [0.05, 0.1) is 12.4 Å². The van der Waals surface area contributed by atoms with Crippen LogP contribution >= 0.6 is 11.8 Å². The summed E-state index contributed by atoms with van der Waals surface area (Å²) in [5.74, 6) is 0.975. The zero-order valence-electron chi connectivity index (χ0n) is 17.3. The fourth-order valence-electron chi connectivity index (χ4n) is 3.09. The van der Waals surface area contributed by atoms with Gasteiger partial charge in [-0.15, -0.1) is 16.8 Å². The van der Waals surface area contributed by atoms with E-state index in [4.69, 9.17) is 4.74 Å². The largest absolute Gasteiger partial charge is 0.380 e. The molecule has 0 spiro atoms. The maximum atomic E-state index is 12.4. The van der Waals surface area contributed by atoms with Crippen LogP contribution < -0.4 is 5.32 Å². The molecule has 0 unspecified atom stereocenters. The van der Waals surface area contributed by atoms with Crippen molar-refractivity contribution in [2.45, 2.75) is 31.8 Å². The number of benzene rings is 2. The van der Waals surface area contributed by atoms with Crippen molar-refractivity contribution < 1.29 is 9.53 Å². The van der Waals surface area contributed by atoms with Crippen molar-refractivity contribution in [1.29, 1.82) is 0 Å². The zero-order chi connectivity index (χ0) is 21.3. The van der Waals surface area contributed by atoms with Gasteiger partial charge in [0.2, 0.25) is 5.91 Å². The quantitative estimate of drug-likeness (QED) is 0.395. The molecule has 0 saturated heterocycles. The topological polar surface area (TPSA) is 69.0 Å². The predicted octanol–water partition coefficient (Wildman–Crippen LogP) is 3.99. The fourth-order valence-corrected chi connectivity index (χ4v) is 3.87. The first kappa shape index (κ1) is 21.8. The molecular formula is C23H26N4O2S. The Morgan fingerprint density at radius 1 is 1.20 bits per heavy atom. The first-order chi connectivity index (χ1) is 14.6. The van der Waals surface area contributed by atoms with Crippen LogP contribution in [0.2, 0.25) is 0 Å². The van der Waals surface area contributed by atoms with Crippen LogP contribution in [0.25, 0.3) is 11.4 Å². The second kappa shape index (κ2) is 10.8. The van der Waals surface area contributed by atoms with Gasteiger partial charge in [-0.1, -0.05) is 65.9 Å². The van der Waals surface area contributed by atoms with E-state index in [2.05, 4.69) is 28.2 Å². The van der Waals surface area contributed by atoms with Gasteiger partial charge in [0.15, 0.2) is 11.0 Å². The number of allylic oxidation sites excluding steroid dienone is 1. The number of hydrogen-bond donors (Lipinski definition) is 1. The number of carbonyl (C=O) groups excluding carboxylic acids is 1. The summed E-state index contributed by atoms with van der Waals surface area (Å²) in [6, 6.07) is 16.0. The van der Waals surface area contributed by atoms with Crippen molar-refractivity contribution >= 4 is 17.7 Å². The minimum Gasteiger partial charge on any atom is -0.380 e.